The van der Waals surface area contributed by atoms with Gasteiger partial charge in [0.05, 0.1) is 19.1 Å². The number of nitrogens with one attached hydrogen (secondary N) is 1. The molecule has 110 valence electrons. The van der Waals surface area contributed by atoms with Gasteiger partial charge in [-0.05, 0) is 30.7 Å². The molecule has 1 aromatic rings. The third kappa shape index (κ3) is 4.71. The number of aliphatic hydroxyl groups is 1. The van der Waals surface area contributed by atoms with Crippen molar-refractivity contribution in [2.45, 2.75) is 31.8 Å². The normalized spacial score (nSPS) is 13.8. The molecule has 0 aliphatic rings. The molecule has 0 radical (unpaired) electrons. The summed E-state index contributed by atoms with van der Waals surface area (Å²) in [6.45, 7) is 1.62. The zero-order chi connectivity index (χ0) is 15.1. The molecule has 2 atom stereocenters. The number of aliphatic hydroxyl groups excluding tert-OH is 1. The van der Waals surface area contributed by atoms with E-state index in [1.54, 1.807) is 0 Å². The first-order valence-electron chi connectivity index (χ1n) is 6.36. The van der Waals surface area contributed by atoms with Crippen LogP contribution in [0.25, 0.3) is 0 Å². The summed E-state index contributed by atoms with van der Waals surface area (Å²) in [5.41, 5.74) is 0.234. The zero-order valence-corrected chi connectivity index (χ0v) is 11.2. The fourth-order valence-electron chi connectivity index (χ4n) is 1.80. The van der Waals surface area contributed by atoms with Gasteiger partial charge in [-0.3, -0.25) is 9.59 Å². The minimum Gasteiger partial charge on any atom is -0.481 e. The van der Waals surface area contributed by atoms with Gasteiger partial charge in [0.25, 0.3) is 0 Å². The third-order valence-corrected chi connectivity index (χ3v) is 2.97. The first-order valence-corrected chi connectivity index (χ1v) is 6.36. The second-order valence-corrected chi connectivity index (χ2v) is 4.48. The number of hydrogen-bond donors (Lipinski definition) is 3. The Morgan fingerprint density at radius 1 is 1.30 bits per heavy atom. The number of aliphatic carboxylic acids is 1. The summed E-state index contributed by atoms with van der Waals surface area (Å²) in [7, 11) is 0. The molecule has 0 saturated carbocycles. The molecule has 0 fully saturated rings. The molecule has 5 nitrogen and oxygen atoms in total. The van der Waals surface area contributed by atoms with E-state index >= 15 is 0 Å². The van der Waals surface area contributed by atoms with E-state index in [-0.39, 0.29) is 18.2 Å². The topological polar surface area (TPSA) is 86.6 Å². The largest absolute Gasteiger partial charge is 0.481 e. The van der Waals surface area contributed by atoms with Crippen molar-refractivity contribution in [2.24, 2.45) is 0 Å². The number of carboxylic acid groups (broad SMARTS) is 1. The minimum atomic E-state index is -1.12. The average molecular weight is 283 g/mol. The van der Waals surface area contributed by atoms with E-state index in [0.717, 1.165) is 12.1 Å². The van der Waals surface area contributed by atoms with Gasteiger partial charge in [0.2, 0.25) is 0 Å². The van der Waals surface area contributed by atoms with E-state index < -0.39 is 30.0 Å². The summed E-state index contributed by atoms with van der Waals surface area (Å²) < 4.78 is 12.8. The maximum absolute atomic E-state index is 12.8. The van der Waals surface area contributed by atoms with Gasteiger partial charge < -0.3 is 15.5 Å². The number of halogens is 1. The zero-order valence-electron chi connectivity index (χ0n) is 11.2. The van der Waals surface area contributed by atoms with Gasteiger partial charge in [0.1, 0.15) is 5.82 Å². The van der Waals surface area contributed by atoms with Gasteiger partial charge in [-0.2, -0.15) is 0 Å². The monoisotopic (exact) mass is 283 g/mol. The SMILES string of the molecule is CCC(CO)NC(CC(=O)O)C(=O)c1ccc(F)cc1. The summed E-state index contributed by atoms with van der Waals surface area (Å²) in [4.78, 5) is 23.1. The second kappa shape index (κ2) is 7.72. The van der Waals surface area contributed by atoms with Crippen LogP contribution >= 0.6 is 0 Å². The predicted molar refractivity (Wildman–Crippen MR) is 71.1 cm³/mol. The Bertz CT molecular complexity index is 457. The molecule has 6 heteroatoms. The van der Waals surface area contributed by atoms with E-state index in [1.807, 2.05) is 6.92 Å². The van der Waals surface area contributed by atoms with Crippen LogP contribution in [0.3, 0.4) is 0 Å². The highest BCUT2D eigenvalue weighted by Crippen LogP contribution is 2.09. The van der Waals surface area contributed by atoms with E-state index in [0.29, 0.717) is 6.42 Å². The number of hydrogen-bond acceptors (Lipinski definition) is 4. The summed E-state index contributed by atoms with van der Waals surface area (Å²) in [5.74, 6) is -2.02. The summed E-state index contributed by atoms with van der Waals surface area (Å²) in [6.07, 6.45) is 0.163. The van der Waals surface area contributed by atoms with E-state index in [4.69, 9.17) is 10.2 Å². The highest BCUT2D eigenvalue weighted by Gasteiger charge is 2.25. The molecule has 0 aliphatic heterocycles. The Balaban J connectivity index is 2.88. The average Bonchev–Trinajstić information content (AvgIpc) is 2.43. The Hall–Kier alpha value is -1.79. The lowest BCUT2D eigenvalue weighted by atomic mass is 10.00. The maximum atomic E-state index is 12.8. The number of carbonyl (C=O) groups is 2. The lowest BCUT2D eigenvalue weighted by Crippen LogP contribution is -2.46. The molecule has 0 heterocycles. The van der Waals surface area contributed by atoms with Gasteiger partial charge in [-0.1, -0.05) is 6.92 Å². The summed E-state index contributed by atoms with van der Waals surface area (Å²) >= 11 is 0. The first-order chi connectivity index (χ1) is 9.47. The van der Waals surface area contributed by atoms with Crippen molar-refractivity contribution in [1.82, 2.24) is 5.32 Å². The van der Waals surface area contributed by atoms with E-state index in [1.165, 1.54) is 12.1 Å². The number of Topliss-reactive ketones (excluding diaryl/α,β-unsaturated/α-hetero) is 1. The molecule has 0 spiro atoms. The lowest BCUT2D eigenvalue weighted by Gasteiger charge is -2.21. The van der Waals surface area contributed by atoms with E-state index in [2.05, 4.69) is 5.32 Å². The highest BCUT2D eigenvalue weighted by atomic mass is 19.1. The summed E-state index contributed by atoms with van der Waals surface area (Å²) in [5, 5.41) is 20.8. The van der Waals surface area contributed by atoms with Crippen molar-refractivity contribution in [3.63, 3.8) is 0 Å². The first kappa shape index (κ1) is 16.3. The molecular formula is C14H18FNO4. The van der Waals surface area contributed by atoms with Crippen LogP contribution in [0, 0.1) is 5.82 Å². The van der Waals surface area contributed by atoms with Crippen LogP contribution in [0.15, 0.2) is 24.3 Å². The lowest BCUT2D eigenvalue weighted by molar-refractivity contribution is -0.137. The Labute approximate surface area is 116 Å². The van der Waals surface area contributed by atoms with Crippen LogP contribution in [-0.4, -0.2) is 40.7 Å². The second-order valence-electron chi connectivity index (χ2n) is 4.48. The fourth-order valence-corrected chi connectivity index (χ4v) is 1.80. The molecule has 2 unspecified atom stereocenters. The molecule has 1 rings (SSSR count). The van der Waals surface area contributed by atoms with Crippen LogP contribution in [0.2, 0.25) is 0 Å². The molecule has 20 heavy (non-hydrogen) atoms. The number of rotatable bonds is 8. The highest BCUT2D eigenvalue weighted by molar-refractivity contribution is 6.01. The van der Waals surface area contributed by atoms with Gasteiger partial charge >= 0.3 is 5.97 Å². The van der Waals surface area contributed by atoms with E-state index in [9.17, 15) is 14.0 Å². The quantitative estimate of drug-likeness (QED) is 0.624. The molecule has 3 N–H and O–H groups in total. The fraction of sp³-hybridized carbons (Fsp3) is 0.429. The van der Waals surface area contributed by atoms with Gasteiger partial charge in [0.15, 0.2) is 5.78 Å². The molecular weight excluding hydrogens is 265 g/mol. The van der Waals surface area contributed by atoms with Crippen molar-refractivity contribution >= 4 is 11.8 Å². The molecule has 0 aliphatic carbocycles. The molecule has 1 aromatic carbocycles. The number of benzene rings is 1. The minimum absolute atomic E-state index is 0.191. The molecule has 0 bridgehead atoms. The van der Waals surface area contributed by atoms with Crippen LogP contribution in [0.4, 0.5) is 4.39 Å². The van der Waals surface area contributed by atoms with Crippen LogP contribution in [0.5, 0.6) is 0 Å². The van der Waals surface area contributed by atoms with Crippen LogP contribution in [-0.2, 0) is 4.79 Å². The molecule has 0 saturated heterocycles. The van der Waals surface area contributed by atoms with Crippen LogP contribution < -0.4 is 5.32 Å². The van der Waals surface area contributed by atoms with Gasteiger partial charge in [-0.25, -0.2) is 4.39 Å². The molecule has 0 aromatic heterocycles. The number of carbonyl (C=O) groups excluding carboxylic acids is 1. The summed E-state index contributed by atoms with van der Waals surface area (Å²) in [6, 6.07) is 3.61. The van der Waals surface area contributed by atoms with Crippen molar-refractivity contribution < 1.29 is 24.2 Å². The Morgan fingerprint density at radius 2 is 1.90 bits per heavy atom. The van der Waals surface area contributed by atoms with Gasteiger partial charge in [0, 0.05) is 11.6 Å². The predicted octanol–water partition coefficient (Wildman–Crippen LogP) is 1.21. The Kier molecular flexibility index (Phi) is 6.27. The smallest absolute Gasteiger partial charge is 0.305 e. The Morgan fingerprint density at radius 3 is 2.35 bits per heavy atom. The standard InChI is InChI=1S/C14H18FNO4/c1-2-11(8-17)16-12(7-13(18)19)14(20)9-3-5-10(15)6-4-9/h3-6,11-12,16-17H,2,7-8H2,1H3,(H,18,19). The maximum Gasteiger partial charge on any atom is 0.305 e. The van der Waals surface area contributed by atoms with Crippen molar-refractivity contribution in [3.8, 4) is 0 Å². The number of carboxylic acids is 1. The van der Waals surface area contributed by atoms with Crippen molar-refractivity contribution in [3.05, 3.63) is 35.6 Å². The van der Waals surface area contributed by atoms with Crippen LogP contribution in [0.1, 0.15) is 30.1 Å². The number of ketones is 1. The third-order valence-electron chi connectivity index (χ3n) is 2.97. The van der Waals surface area contributed by atoms with Gasteiger partial charge in [-0.15, -0.1) is 0 Å². The van der Waals surface area contributed by atoms with Crippen molar-refractivity contribution in [2.75, 3.05) is 6.61 Å². The van der Waals surface area contributed by atoms with Crippen molar-refractivity contribution in [1.29, 1.82) is 0 Å². The molecule has 0 amide bonds.